The number of benzene rings is 2. The molecule has 4 rings (SSSR count). The van der Waals surface area contributed by atoms with Gasteiger partial charge in [-0.05, 0) is 59.8 Å². The molecule has 0 saturated carbocycles. The predicted octanol–water partition coefficient (Wildman–Crippen LogP) is 4.98. The number of hydrogen-bond acceptors (Lipinski definition) is 2. The quantitative estimate of drug-likeness (QED) is 0.598. The van der Waals surface area contributed by atoms with Gasteiger partial charge in [-0.1, -0.05) is 35.9 Å². The summed E-state index contributed by atoms with van der Waals surface area (Å²) >= 11 is 4.90. The number of carboxylic acid groups (broad SMARTS) is 1. The van der Waals surface area contributed by atoms with Crippen molar-refractivity contribution in [1.82, 2.24) is 4.57 Å². The Morgan fingerprint density at radius 1 is 1.29 bits per heavy atom. The van der Waals surface area contributed by atoms with Crippen LogP contribution in [-0.4, -0.2) is 26.5 Å². The largest absolute Gasteiger partial charge is 0.612 e. The highest BCUT2D eigenvalue weighted by molar-refractivity contribution is 7.91. The lowest BCUT2D eigenvalue weighted by molar-refractivity contribution is -0.137. The van der Waals surface area contributed by atoms with Crippen molar-refractivity contribution in [3.8, 4) is 0 Å². The van der Waals surface area contributed by atoms with E-state index in [0.717, 1.165) is 46.3 Å². The molecule has 1 aliphatic carbocycles. The second-order valence-electron chi connectivity index (χ2n) is 7.37. The van der Waals surface area contributed by atoms with E-state index < -0.39 is 17.1 Å². The van der Waals surface area contributed by atoms with E-state index in [1.807, 2.05) is 36.4 Å². The summed E-state index contributed by atoms with van der Waals surface area (Å²) < 4.78 is 14.7. The molecule has 0 unspecified atom stereocenters. The van der Waals surface area contributed by atoms with Crippen LogP contribution in [0, 0.1) is 0 Å². The van der Waals surface area contributed by atoms with Gasteiger partial charge in [0.15, 0.2) is 4.90 Å². The number of fused-ring (bicyclic) bond motifs is 3. The minimum atomic E-state index is -1.13. The normalized spacial score (nSPS) is 17.5. The van der Waals surface area contributed by atoms with Crippen LogP contribution < -0.4 is 0 Å². The molecule has 1 aromatic heterocycles. The SMILES string of the molecule is C[S@@+]([O-])c1cccc2c3c(n(Cc4ccc(Cl)cc4)c12)[C@@H](CC(=O)O)CCC3. The average Bonchev–Trinajstić information content (AvgIpc) is 2.98. The maximum Gasteiger partial charge on any atom is 0.304 e. The Labute approximate surface area is 172 Å². The third-order valence-corrected chi connectivity index (χ3v) is 6.75. The second kappa shape index (κ2) is 7.82. The molecule has 0 radical (unpaired) electrons. The lowest BCUT2D eigenvalue weighted by Gasteiger charge is -2.25. The van der Waals surface area contributed by atoms with Crippen LogP contribution >= 0.6 is 11.6 Å². The number of rotatable bonds is 5. The second-order valence-corrected chi connectivity index (χ2v) is 9.15. The Bertz CT molecular complexity index is 1030. The van der Waals surface area contributed by atoms with Crippen LogP contribution in [-0.2, 0) is 28.9 Å². The summed E-state index contributed by atoms with van der Waals surface area (Å²) in [5, 5.41) is 11.2. The summed E-state index contributed by atoms with van der Waals surface area (Å²) in [5.41, 5.74) is 4.37. The maximum atomic E-state index is 12.5. The smallest absolute Gasteiger partial charge is 0.304 e. The number of carboxylic acids is 1. The predicted molar refractivity (Wildman–Crippen MR) is 113 cm³/mol. The van der Waals surface area contributed by atoms with Gasteiger partial charge in [-0.2, -0.15) is 0 Å². The van der Waals surface area contributed by atoms with Gasteiger partial charge in [0.2, 0.25) is 0 Å². The number of aliphatic carboxylic acids is 1. The molecule has 2 atom stereocenters. The highest BCUT2D eigenvalue weighted by Crippen LogP contribution is 2.42. The molecule has 2 aromatic carbocycles. The fourth-order valence-corrected chi connectivity index (χ4v) is 5.32. The van der Waals surface area contributed by atoms with E-state index >= 15 is 0 Å². The lowest BCUT2D eigenvalue weighted by atomic mass is 9.84. The van der Waals surface area contributed by atoms with Crippen LogP contribution in [0.5, 0.6) is 0 Å². The first-order valence-electron chi connectivity index (χ1n) is 9.39. The molecule has 0 amide bonds. The molecule has 0 fully saturated rings. The zero-order valence-electron chi connectivity index (χ0n) is 15.7. The van der Waals surface area contributed by atoms with Crippen molar-refractivity contribution in [3.63, 3.8) is 0 Å². The molecular weight excluding hydrogens is 394 g/mol. The van der Waals surface area contributed by atoms with Gasteiger partial charge < -0.3 is 14.2 Å². The fraction of sp³-hybridized carbons (Fsp3) is 0.318. The maximum absolute atomic E-state index is 12.5. The van der Waals surface area contributed by atoms with E-state index in [-0.39, 0.29) is 12.3 Å². The Morgan fingerprint density at radius 2 is 2.04 bits per heavy atom. The van der Waals surface area contributed by atoms with Crippen molar-refractivity contribution in [1.29, 1.82) is 0 Å². The third kappa shape index (κ3) is 3.54. The first-order valence-corrected chi connectivity index (χ1v) is 11.3. The molecule has 1 N–H and O–H groups in total. The van der Waals surface area contributed by atoms with Gasteiger partial charge in [0, 0.05) is 28.6 Å². The highest BCUT2D eigenvalue weighted by Gasteiger charge is 2.31. The minimum Gasteiger partial charge on any atom is -0.612 e. The van der Waals surface area contributed by atoms with Crippen LogP contribution in [0.25, 0.3) is 10.9 Å². The first kappa shape index (κ1) is 19.4. The molecule has 0 spiro atoms. The Kier molecular flexibility index (Phi) is 5.41. The highest BCUT2D eigenvalue weighted by atomic mass is 35.5. The van der Waals surface area contributed by atoms with Crippen molar-refractivity contribution in [2.45, 2.75) is 43.0 Å². The van der Waals surface area contributed by atoms with Crippen molar-refractivity contribution in [3.05, 3.63) is 64.3 Å². The summed E-state index contributed by atoms with van der Waals surface area (Å²) in [7, 11) is 0. The van der Waals surface area contributed by atoms with Crippen LogP contribution in [0.2, 0.25) is 5.02 Å². The Balaban J connectivity index is 1.96. The van der Waals surface area contributed by atoms with E-state index in [4.69, 9.17) is 11.6 Å². The van der Waals surface area contributed by atoms with Gasteiger partial charge in [0.25, 0.3) is 0 Å². The van der Waals surface area contributed by atoms with Crippen LogP contribution in [0.15, 0.2) is 47.4 Å². The van der Waals surface area contributed by atoms with Gasteiger partial charge in [0.05, 0.1) is 6.42 Å². The standard InChI is InChI=1S/C22H22ClNO3S/c1-28(27)19-7-3-6-18-17-5-2-4-15(12-20(25)26)21(17)24(22(18)19)13-14-8-10-16(23)11-9-14/h3,6-11,15H,2,4-5,12-13H2,1H3,(H,25,26)/t15-,28-/m1/s1. The van der Waals surface area contributed by atoms with Crippen LogP contribution in [0.1, 0.15) is 42.0 Å². The van der Waals surface area contributed by atoms with Gasteiger partial charge in [-0.25, -0.2) is 0 Å². The molecule has 6 heteroatoms. The number of hydrogen-bond donors (Lipinski definition) is 1. The van der Waals surface area contributed by atoms with E-state index in [9.17, 15) is 14.5 Å². The summed E-state index contributed by atoms with van der Waals surface area (Å²) in [6.45, 7) is 0.604. The minimum absolute atomic E-state index is 0.0286. The lowest BCUT2D eigenvalue weighted by Crippen LogP contribution is -2.18. The number of halogens is 1. The van der Waals surface area contributed by atoms with E-state index in [1.54, 1.807) is 6.26 Å². The van der Waals surface area contributed by atoms with E-state index in [1.165, 1.54) is 5.56 Å². The zero-order chi connectivity index (χ0) is 19.8. The topological polar surface area (TPSA) is 65.3 Å². The third-order valence-electron chi connectivity index (χ3n) is 5.54. The molecule has 1 aliphatic rings. The average molecular weight is 416 g/mol. The van der Waals surface area contributed by atoms with Crippen LogP contribution in [0.4, 0.5) is 0 Å². The molecule has 1 heterocycles. The fourth-order valence-electron chi connectivity index (χ4n) is 4.44. The first-order chi connectivity index (χ1) is 13.5. The molecule has 28 heavy (non-hydrogen) atoms. The molecular formula is C22H22ClNO3S. The van der Waals surface area contributed by atoms with Crippen molar-refractivity contribution >= 4 is 39.6 Å². The molecule has 3 aromatic rings. The number of para-hydroxylation sites is 1. The number of nitrogens with zero attached hydrogens (tertiary/aromatic N) is 1. The summed E-state index contributed by atoms with van der Waals surface area (Å²) in [6, 6.07) is 13.6. The van der Waals surface area contributed by atoms with Crippen LogP contribution in [0.3, 0.4) is 0 Å². The van der Waals surface area contributed by atoms with Gasteiger partial charge >= 0.3 is 5.97 Å². The zero-order valence-corrected chi connectivity index (χ0v) is 17.2. The molecule has 0 saturated heterocycles. The summed E-state index contributed by atoms with van der Waals surface area (Å²) in [4.78, 5) is 12.3. The molecule has 146 valence electrons. The van der Waals surface area contributed by atoms with E-state index in [0.29, 0.717) is 11.6 Å². The number of aromatic nitrogens is 1. The summed E-state index contributed by atoms with van der Waals surface area (Å²) in [6.07, 6.45) is 4.58. The van der Waals surface area contributed by atoms with Gasteiger partial charge in [-0.15, -0.1) is 0 Å². The summed E-state index contributed by atoms with van der Waals surface area (Å²) in [5.74, 6) is -0.806. The van der Waals surface area contributed by atoms with Crippen molar-refractivity contribution in [2.24, 2.45) is 0 Å². The van der Waals surface area contributed by atoms with E-state index in [2.05, 4.69) is 10.6 Å². The molecule has 0 bridgehead atoms. The molecule has 0 aliphatic heterocycles. The monoisotopic (exact) mass is 415 g/mol. The van der Waals surface area contributed by atoms with Crippen molar-refractivity contribution < 1.29 is 14.5 Å². The number of carbonyl (C=O) groups is 1. The van der Waals surface area contributed by atoms with Crippen molar-refractivity contribution in [2.75, 3.05) is 6.26 Å². The van der Waals surface area contributed by atoms with Gasteiger partial charge in [-0.3, -0.25) is 4.79 Å². The van der Waals surface area contributed by atoms with Gasteiger partial charge in [0.1, 0.15) is 11.8 Å². The molecule has 4 nitrogen and oxygen atoms in total. The Hall–Kier alpha value is -1.95. The number of aryl methyl sites for hydroxylation is 1. The Morgan fingerprint density at radius 3 is 2.71 bits per heavy atom.